The number of rotatable bonds is 2. The number of nitrogens with one attached hydrogen (secondary N) is 1. The highest BCUT2D eigenvalue weighted by Crippen LogP contribution is 2.30. The number of benzene rings is 1. The fraction of sp³-hybridized carbons (Fsp3) is 0.200. The summed E-state index contributed by atoms with van der Waals surface area (Å²) in [6, 6.07) is 4.68. The number of aryl methyl sites for hydroxylation is 3. The number of nitrogens with zero attached hydrogens (tertiary/aromatic N) is 2. The minimum atomic E-state index is -1.10. The molecule has 0 unspecified atom stereocenters. The van der Waals surface area contributed by atoms with Crippen molar-refractivity contribution in [3.8, 4) is 11.3 Å². The zero-order valence-electron chi connectivity index (χ0n) is 11.9. The van der Waals surface area contributed by atoms with E-state index in [1.54, 1.807) is 7.05 Å². The summed E-state index contributed by atoms with van der Waals surface area (Å²) in [6.45, 7) is 3.81. The Morgan fingerprint density at radius 3 is 2.67 bits per heavy atom. The molecule has 0 aliphatic carbocycles. The van der Waals surface area contributed by atoms with E-state index in [4.69, 9.17) is 5.11 Å². The largest absolute Gasteiger partial charge is 0.476 e. The number of fused-ring (bicyclic) bond motifs is 1. The van der Waals surface area contributed by atoms with Crippen LogP contribution in [0, 0.1) is 19.7 Å². The lowest BCUT2D eigenvalue weighted by molar-refractivity contribution is 0.0689. The van der Waals surface area contributed by atoms with Crippen molar-refractivity contribution in [2.24, 2.45) is 7.05 Å². The van der Waals surface area contributed by atoms with Crippen molar-refractivity contribution in [3.05, 3.63) is 41.0 Å². The fourth-order valence-corrected chi connectivity index (χ4v) is 2.50. The van der Waals surface area contributed by atoms with Crippen LogP contribution in [-0.2, 0) is 7.05 Å². The first kappa shape index (κ1) is 13.4. The van der Waals surface area contributed by atoms with Crippen molar-refractivity contribution in [2.45, 2.75) is 13.8 Å². The summed E-state index contributed by atoms with van der Waals surface area (Å²) in [4.78, 5) is 14.0. The van der Waals surface area contributed by atoms with Crippen LogP contribution in [0.3, 0.4) is 0 Å². The summed E-state index contributed by atoms with van der Waals surface area (Å²) in [5, 5.41) is 13.7. The Kier molecular flexibility index (Phi) is 2.83. The molecule has 2 N–H and O–H groups in total. The lowest BCUT2D eigenvalue weighted by atomic mass is 10.1. The molecule has 0 aliphatic rings. The molecule has 21 heavy (non-hydrogen) atoms. The maximum absolute atomic E-state index is 14.2. The van der Waals surface area contributed by atoms with Gasteiger partial charge in [-0.25, -0.2) is 9.18 Å². The standard InChI is InChI=1S/C15H14FN3O2/c1-7-8(2)17-14-10(7)4-9(5-11(14)16)13-6-12(15(20)21)18-19(13)3/h4-6,17H,1-3H3,(H,20,21). The Bertz CT molecular complexity index is 877. The maximum Gasteiger partial charge on any atom is 0.356 e. The Morgan fingerprint density at radius 1 is 1.33 bits per heavy atom. The number of aromatic carboxylic acids is 1. The van der Waals surface area contributed by atoms with Gasteiger partial charge in [0.15, 0.2) is 5.69 Å². The first-order valence-corrected chi connectivity index (χ1v) is 6.44. The van der Waals surface area contributed by atoms with Crippen molar-refractivity contribution >= 4 is 16.9 Å². The smallest absolute Gasteiger partial charge is 0.356 e. The van der Waals surface area contributed by atoms with Crippen molar-refractivity contribution in [1.82, 2.24) is 14.8 Å². The predicted octanol–water partition coefficient (Wildman–Crippen LogP) is 3.02. The lowest BCUT2D eigenvalue weighted by Crippen LogP contribution is -1.99. The van der Waals surface area contributed by atoms with Crippen molar-refractivity contribution in [2.75, 3.05) is 0 Å². The molecule has 0 radical (unpaired) electrons. The van der Waals surface area contributed by atoms with Crippen LogP contribution in [-0.4, -0.2) is 25.8 Å². The second-order valence-corrected chi connectivity index (χ2v) is 5.10. The van der Waals surface area contributed by atoms with Gasteiger partial charge in [0, 0.05) is 23.7 Å². The summed E-state index contributed by atoms with van der Waals surface area (Å²) in [6.07, 6.45) is 0. The molecule has 108 valence electrons. The van der Waals surface area contributed by atoms with Crippen LogP contribution >= 0.6 is 0 Å². The second kappa shape index (κ2) is 4.44. The molecule has 3 aromatic rings. The number of hydrogen-bond donors (Lipinski definition) is 2. The minimum Gasteiger partial charge on any atom is -0.476 e. The third-order valence-corrected chi connectivity index (χ3v) is 3.76. The predicted molar refractivity (Wildman–Crippen MR) is 76.9 cm³/mol. The van der Waals surface area contributed by atoms with E-state index < -0.39 is 5.97 Å². The van der Waals surface area contributed by atoms with Crippen LogP contribution in [0.1, 0.15) is 21.7 Å². The van der Waals surface area contributed by atoms with Gasteiger partial charge in [-0.2, -0.15) is 5.10 Å². The molecular formula is C15H14FN3O2. The second-order valence-electron chi connectivity index (χ2n) is 5.10. The highest BCUT2D eigenvalue weighted by Gasteiger charge is 2.16. The third kappa shape index (κ3) is 1.99. The van der Waals surface area contributed by atoms with E-state index in [9.17, 15) is 9.18 Å². The average molecular weight is 287 g/mol. The number of carbonyl (C=O) groups is 1. The molecule has 0 saturated heterocycles. The number of hydrogen-bond acceptors (Lipinski definition) is 2. The van der Waals surface area contributed by atoms with Crippen LogP contribution in [0.25, 0.3) is 22.2 Å². The van der Waals surface area contributed by atoms with Gasteiger partial charge in [0.1, 0.15) is 5.82 Å². The molecular weight excluding hydrogens is 273 g/mol. The molecule has 3 rings (SSSR count). The van der Waals surface area contributed by atoms with Crippen LogP contribution < -0.4 is 0 Å². The summed E-state index contributed by atoms with van der Waals surface area (Å²) in [7, 11) is 1.64. The number of carboxylic acid groups (broad SMARTS) is 1. The third-order valence-electron chi connectivity index (χ3n) is 3.76. The van der Waals surface area contributed by atoms with Crippen LogP contribution in [0.15, 0.2) is 18.2 Å². The lowest BCUT2D eigenvalue weighted by Gasteiger charge is -2.04. The highest BCUT2D eigenvalue weighted by atomic mass is 19.1. The number of halogens is 1. The molecule has 6 heteroatoms. The van der Waals surface area contributed by atoms with Crippen LogP contribution in [0.4, 0.5) is 4.39 Å². The van der Waals surface area contributed by atoms with E-state index in [1.165, 1.54) is 16.8 Å². The number of aromatic nitrogens is 3. The SMILES string of the molecule is Cc1[nH]c2c(F)cc(-c3cc(C(=O)O)nn3C)cc2c1C. The Balaban J connectivity index is 2.26. The monoisotopic (exact) mass is 287 g/mol. The number of carboxylic acids is 1. The first-order valence-electron chi connectivity index (χ1n) is 6.44. The van der Waals surface area contributed by atoms with Crippen molar-refractivity contribution in [1.29, 1.82) is 0 Å². The zero-order chi connectivity index (χ0) is 15.3. The van der Waals surface area contributed by atoms with Crippen molar-refractivity contribution < 1.29 is 14.3 Å². The van der Waals surface area contributed by atoms with Gasteiger partial charge < -0.3 is 10.1 Å². The van der Waals surface area contributed by atoms with Crippen LogP contribution in [0.5, 0.6) is 0 Å². The number of aromatic amines is 1. The molecule has 5 nitrogen and oxygen atoms in total. The Hall–Kier alpha value is -2.63. The van der Waals surface area contributed by atoms with Crippen LogP contribution in [0.2, 0.25) is 0 Å². The minimum absolute atomic E-state index is 0.0602. The van der Waals surface area contributed by atoms with Gasteiger partial charge in [0.25, 0.3) is 0 Å². The molecule has 0 saturated carbocycles. The fourth-order valence-electron chi connectivity index (χ4n) is 2.50. The molecule has 0 amide bonds. The molecule has 0 bridgehead atoms. The molecule has 0 aliphatic heterocycles. The topological polar surface area (TPSA) is 70.9 Å². The maximum atomic E-state index is 14.2. The summed E-state index contributed by atoms with van der Waals surface area (Å²) < 4.78 is 15.7. The average Bonchev–Trinajstić information content (AvgIpc) is 2.93. The Morgan fingerprint density at radius 2 is 2.05 bits per heavy atom. The van der Waals surface area contributed by atoms with E-state index in [0.29, 0.717) is 16.8 Å². The van der Waals surface area contributed by atoms with Crippen molar-refractivity contribution in [3.63, 3.8) is 0 Å². The van der Waals surface area contributed by atoms with Gasteiger partial charge in [-0.15, -0.1) is 0 Å². The normalized spacial score (nSPS) is 11.2. The van der Waals surface area contributed by atoms with E-state index in [0.717, 1.165) is 16.6 Å². The number of H-pyrrole nitrogens is 1. The summed E-state index contributed by atoms with van der Waals surface area (Å²) in [5.41, 5.74) is 3.46. The van der Waals surface area contributed by atoms with Gasteiger partial charge in [-0.05, 0) is 37.6 Å². The van der Waals surface area contributed by atoms with E-state index in [1.807, 2.05) is 19.9 Å². The van der Waals surface area contributed by atoms with E-state index in [2.05, 4.69) is 10.1 Å². The molecule has 2 aromatic heterocycles. The molecule has 0 fully saturated rings. The Labute approximate surface area is 120 Å². The van der Waals surface area contributed by atoms with Gasteiger partial charge in [0.05, 0.1) is 11.2 Å². The van der Waals surface area contributed by atoms with E-state index >= 15 is 0 Å². The molecule has 2 heterocycles. The van der Waals surface area contributed by atoms with Gasteiger partial charge in [-0.3, -0.25) is 4.68 Å². The highest BCUT2D eigenvalue weighted by molar-refractivity contribution is 5.91. The van der Waals surface area contributed by atoms with Gasteiger partial charge in [-0.1, -0.05) is 0 Å². The summed E-state index contributed by atoms with van der Waals surface area (Å²) in [5.74, 6) is -1.47. The zero-order valence-corrected chi connectivity index (χ0v) is 11.9. The molecule has 0 atom stereocenters. The quantitative estimate of drug-likeness (QED) is 0.761. The molecule has 1 aromatic carbocycles. The molecule has 0 spiro atoms. The van der Waals surface area contributed by atoms with Gasteiger partial charge in [0.2, 0.25) is 0 Å². The van der Waals surface area contributed by atoms with Gasteiger partial charge >= 0.3 is 5.97 Å². The summed E-state index contributed by atoms with van der Waals surface area (Å²) >= 11 is 0. The first-order chi connectivity index (χ1) is 9.88. The van der Waals surface area contributed by atoms with E-state index in [-0.39, 0.29) is 11.5 Å².